The van der Waals surface area contributed by atoms with Gasteiger partial charge in [-0.1, -0.05) is 6.07 Å². The summed E-state index contributed by atoms with van der Waals surface area (Å²) in [6, 6.07) is 9.18. The highest BCUT2D eigenvalue weighted by molar-refractivity contribution is 5.91. The second kappa shape index (κ2) is 6.83. The van der Waals surface area contributed by atoms with Crippen LogP contribution in [-0.4, -0.2) is 35.4 Å². The van der Waals surface area contributed by atoms with Crippen molar-refractivity contribution in [2.24, 2.45) is 0 Å². The van der Waals surface area contributed by atoms with Gasteiger partial charge in [-0.3, -0.25) is 0 Å². The number of aromatic nitrogens is 2. The van der Waals surface area contributed by atoms with E-state index >= 15 is 0 Å². The van der Waals surface area contributed by atoms with E-state index in [1.54, 1.807) is 12.1 Å². The molecule has 1 aliphatic rings. The number of nitrogens with zero attached hydrogens (tertiary/aromatic N) is 2. The van der Waals surface area contributed by atoms with Crippen molar-refractivity contribution in [3.8, 4) is 23.0 Å². The quantitative estimate of drug-likeness (QED) is 0.729. The lowest BCUT2D eigenvalue weighted by molar-refractivity contribution is 0.171. The first-order chi connectivity index (χ1) is 13.0. The van der Waals surface area contributed by atoms with E-state index in [9.17, 15) is 5.11 Å². The normalized spacial score (nSPS) is 14.0. The Morgan fingerprint density at radius 1 is 1.11 bits per heavy atom. The maximum absolute atomic E-state index is 10.1. The van der Waals surface area contributed by atoms with Crippen LogP contribution >= 0.6 is 0 Å². The van der Waals surface area contributed by atoms with E-state index in [1.807, 2.05) is 32.0 Å². The van der Waals surface area contributed by atoms with Gasteiger partial charge >= 0.3 is 0 Å². The molecular formula is C20H21N3O4. The Morgan fingerprint density at radius 3 is 2.67 bits per heavy atom. The third kappa shape index (κ3) is 3.28. The summed E-state index contributed by atoms with van der Waals surface area (Å²) in [6.07, 6.45) is 0. The topological polar surface area (TPSA) is 85.7 Å². The van der Waals surface area contributed by atoms with Crippen LogP contribution in [0.4, 0.5) is 5.82 Å². The monoisotopic (exact) mass is 367 g/mol. The Labute approximate surface area is 156 Å². The minimum absolute atomic E-state index is 0.0393. The van der Waals surface area contributed by atoms with Crippen molar-refractivity contribution in [3.05, 3.63) is 41.7 Å². The van der Waals surface area contributed by atoms with E-state index in [1.165, 1.54) is 7.11 Å². The molecule has 4 rings (SSSR count). The molecule has 1 aliphatic heterocycles. The van der Waals surface area contributed by atoms with Gasteiger partial charge in [0.25, 0.3) is 0 Å². The molecule has 2 aromatic carbocycles. The largest absolute Gasteiger partial charge is 0.504 e. The van der Waals surface area contributed by atoms with Crippen molar-refractivity contribution in [2.75, 3.05) is 25.6 Å². The van der Waals surface area contributed by atoms with Gasteiger partial charge < -0.3 is 24.6 Å². The number of phenolic OH excluding ortho intramolecular Hbond substituents is 1. The van der Waals surface area contributed by atoms with Crippen LogP contribution in [0.1, 0.15) is 24.4 Å². The Morgan fingerprint density at radius 2 is 1.89 bits per heavy atom. The van der Waals surface area contributed by atoms with Crippen molar-refractivity contribution in [1.29, 1.82) is 0 Å². The minimum atomic E-state index is -0.0393. The average molecular weight is 367 g/mol. The summed E-state index contributed by atoms with van der Waals surface area (Å²) in [5, 5.41) is 14.3. The lowest BCUT2D eigenvalue weighted by Crippen LogP contribution is -2.16. The fourth-order valence-corrected chi connectivity index (χ4v) is 3.15. The second-order valence-electron chi connectivity index (χ2n) is 6.43. The molecule has 2 N–H and O–H groups in total. The van der Waals surface area contributed by atoms with Gasteiger partial charge in [0.1, 0.15) is 24.9 Å². The van der Waals surface area contributed by atoms with Gasteiger partial charge in [0.2, 0.25) is 0 Å². The Bertz CT molecular complexity index is 1010. The zero-order chi connectivity index (χ0) is 19.0. The highest BCUT2D eigenvalue weighted by Crippen LogP contribution is 2.36. The zero-order valence-electron chi connectivity index (χ0n) is 15.4. The Kier molecular flexibility index (Phi) is 4.35. The molecule has 0 saturated heterocycles. The highest BCUT2D eigenvalue weighted by atomic mass is 16.6. The van der Waals surface area contributed by atoms with Crippen LogP contribution in [0.2, 0.25) is 0 Å². The van der Waals surface area contributed by atoms with Crippen molar-refractivity contribution >= 4 is 16.7 Å². The summed E-state index contributed by atoms with van der Waals surface area (Å²) in [5.74, 6) is 3.22. The van der Waals surface area contributed by atoms with E-state index in [-0.39, 0.29) is 11.8 Å². The molecule has 7 heteroatoms. The van der Waals surface area contributed by atoms with Gasteiger partial charge in [-0.2, -0.15) is 0 Å². The Balaban J connectivity index is 1.69. The molecule has 27 heavy (non-hydrogen) atoms. The number of hydrogen-bond donors (Lipinski definition) is 2. The number of aryl methyl sites for hydroxylation is 1. The summed E-state index contributed by atoms with van der Waals surface area (Å²) in [7, 11) is 1.51. The number of hydrogen-bond acceptors (Lipinski definition) is 7. The number of phenols is 1. The van der Waals surface area contributed by atoms with Gasteiger partial charge in [0, 0.05) is 11.5 Å². The third-order valence-electron chi connectivity index (χ3n) is 4.53. The average Bonchev–Trinajstić information content (AvgIpc) is 2.67. The van der Waals surface area contributed by atoms with Crippen molar-refractivity contribution < 1.29 is 19.3 Å². The first kappa shape index (κ1) is 17.2. The van der Waals surface area contributed by atoms with E-state index in [0.29, 0.717) is 36.1 Å². The molecule has 0 amide bonds. The fourth-order valence-electron chi connectivity index (χ4n) is 3.15. The van der Waals surface area contributed by atoms with Gasteiger partial charge in [0.05, 0.1) is 18.7 Å². The number of rotatable bonds is 4. The molecule has 0 aliphatic carbocycles. The molecule has 0 fully saturated rings. The van der Waals surface area contributed by atoms with Crippen LogP contribution in [0, 0.1) is 6.92 Å². The van der Waals surface area contributed by atoms with Gasteiger partial charge in [-0.25, -0.2) is 9.97 Å². The lowest BCUT2D eigenvalue weighted by atomic mass is 10.1. The molecular weight excluding hydrogens is 346 g/mol. The molecule has 0 bridgehead atoms. The first-order valence-corrected chi connectivity index (χ1v) is 8.76. The summed E-state index contributed by atoms with van der Waals surface area (Å²) in [6.45, 7) is 4.99. The van der Waals surface area contributed by atoms with Crippen LogP contribution in [0.5, 0.6) is 23.0 Å². The standard InChI is InChI=1S/C20H21N3O4/c1-11(13-4-5-17-19(8-13)27-7-6-26-17)21-20-14-9-16(24)18(25-3)10-15(14)22-12(2)23-20/h4-5,8-11,24H,6-7H2,1-3H3,(H,21,22,23). The molecule has 0 saturated carbocycles. The molecule has 0 spiro atoms. The minimum Gasteiger partial charge on any atom is -0.504 e. The van der Waals surface area contributed by atoms with Crippen molar-refractivity contribution in [3.63, 3.8) is 0 Å². The third-order valence-corrected chi connectivity index (χ3v) is 4.53. The van der Waals surface area contributed by atoms with Crippen LogP contribution in [0.15, 0.2) is 30.3 Å². The van der Waals surface area contributed by atoms with Crippen LogP contribution in [-0.2, 0) is 0 Å². The van der Waals surface area contributed by atoms with Gasteiger partial charge in [0.15, 0.2) is 23.0 Å². The summed E-state index contributed by atoms with van der Waals surface area (Å²) in [5.41, 5.74) is 1.75. The van der Waals surface area contributed by atoms with Gasteiger partial charge in [-0.05, 0) is 37.6 Å². The summed E-state index contributed by atoms with van der Waals surface area (Å²) in [4.78, 5) is 8.97. The SMILES string of the molecule is COc1cc2nc(C)nc(NC(C)c3ccc4c(c3)OCCO4)c2cc1O. The number of methoxy groups -OCH3 is 1. The number of nitrogens with one attached hydrogen (secondary N) is 1. The molecule has 7 nitrogen and oxygen atoms in total. The van der Waals surface area contributed by atoms with E-state index < -0.39 is 0 Å². The van der Waals surface area contributed by atoms with Crippen LogP contribution < -0.4 is 19.5 Å². The second-order valence-corrected chi connectivity index (χ2v) is 6.43. The molecule has 2 heterocycles. The smallest absolute Gasteiger partial charge is 0.162 e. The maximum Gasteiger partial charge on any atom is 0.162 e. The molecule has 3 aromatic rings. The number of benzene rings is 2. The van der Waals surface area contributed by atoms with E-state index in [4.69, 9.17) is 14.2 Å². The molecule has 1 unspecified atom stereocenters. The highest BCUT2D eigenvalue weighted by Gasteiger charge is 2.17. The molecule has 140 valence electrons. The van der Waals surface area contributed by atoms with Crippen molar-refractivity contribution in [1.82, 2.24) is 9.97 Å². The van der Waals surface area contributed by atoms with Crippen LogP contribution in [0.3, 0.4) is 0 Å². The predicted molar refractivity (Wildman–Crippen MR) is 102 cm³/mol. The van der Waals surface area contributed by atoms with Gasteiger partial charge in [-0.15, -0.1) is 0 Å². The zero-order valence-corrected chi connectivity index (χ0v) is 15.4. The number of anilines is 1. The van der Waals surface area contributed by atoms with E-state index in [2.05, 4.69) is 15.3 Å². The molecule has 0 radical (unpaired) electrons. The summed E-state index contributed by atoms with van der Waals surface area (Å²) >= 11 is 0. The summed E-state index contributed by atoms with van der Waals surface area (Å²) < 4.78 is 16.4. The lowest BCUT2D eigenvalue weighted by Gasteiger charge is -2.22. The Hall–Kier alpha value is -3.22. The van der Waals surface area contributed by atoms with E-state index in [0.717, 1.165) is 22.4 Å². The molecule has 1 atom stereocenters. The number of aromatic hydroxyl groups is 1. The number of fused-ring (bicyclic) bond motifs is 2. The molecule has 1 aromatic heterocycles. The fraction of sp³-hybridized carbons (Fsp3) is 0.300. The van der Waals surface area contributed by atoms with Crippen LogP contribution in [0.25, 0.3) is 10.9 Å². The van der Waals surface area contributed by atoms with Crippen molar-refractivity contribution in [2.45, 2.75) is 19.9 Å². The first-order valence-electron chi connectivity index (χ1n) is 8.76. The predicted octanol–water partition coefficient (Wildman–Crippen LogP) is 3.60. The number of ether oxygens (including phenoxy) is 3. The maximum atomic E-state index is 10.1.